The predicted octanol–water partition coefficient (Wildman–Crippen LogP) is 1.35. The van der Waals surface area contributed by atoms with Crippen LogP contribution >= 0.6 is 0 Å². The number of likely N-dealkylation sites (N-methyl/N-ethyl adjacent to an activating group) is 1. The SMILES string of the molecule is CC1CCCN(C(=O)CN(C)S(=O)(=O)c2cccnc2)CC1. The van der Waals surface area contributed by atoms with Crippen molar-refractivity contribution in [2.75, 3.05) is 26.7 Å². The molecule has 2 heterocycles. The van der Waals surface area contributed by atoms with Crippen molar-refractivity contribution >= 4 is 15.9 Å². The van der Waals surface area contributed by atoms with E-state index in [0.717, 1.165) is 23.6 Å². The average Bonchev–Trinajstić information content (AvgIpc) is 2.72. The van der Waals surface area contributed by atoms with Gasteiger partial charge in [0.15, 0.2) is 0 Å². The number of carbonyl (C=O) groups excluding carboxylic acids is 1. The summed E-state index contributed by atoms with van der Waals surface area (Å²) in [5.74, 6) is 0.485. The quantitative estimate of drug-likeness (QED) is 0.838. The van der Waals surface area contributed by atoms with E-state index in [9.17, 15) is 13.2 Å². The summed E-state index contributed by atoms with van der Waals surface area (Å²) in [4.78, 5) is 18.1. The second kappa shape index (κ2) is 7.19. The summed E-state index contributed by atoms with van der Waals surface area (Å²) >= 11 is 0. The fraction of sp³-hybridized carbons (Fsp3) is 0.600. The lowest BCUT2D eigenvalue weighted by atomic mass is 10.0. The molecule has 1 aromatic heterocycles. The number of rotatable bonds is 4. The van der Waals surface area contributed by atoms with E-state index in [-0.39, 0.29) is 17.3 Å². The van der Waals surface area contributed by atoms with Gasteiger partial charge in [0.1, 0.15) is 4.90 Å². The number of carbonyl (C=O) groups is 1. The Morgan fingerprint density at radius 2 is 2.18 bits per heavy atom. The van der Waals surface area contributed by atoms with Crippen LogP contribution in [0.5, 0.6) is 0 Å². The Morgan fingerprint density at radius 1 is 1.41 bits per heavy atom. The van der Waals surface area contributed by atoms with Crippen molar-refractivity contribution in [3.8, 4) is 0 Å². The molecular weight excluding hydrogens is 302 g/mol. The van der Waals surface area contributed by atoms with Crippen molar-refractivity contribution in [1.29, 1.82) is 0 Å². The molecule has 0 aliphatic carbocycles. The fourth-order valence-electron chi connectivity index (χ4n) is 2.57. The Bertz CT molecular complexity index is 604. The molecule has 0 N–H and O–H groups in total. The lowest BCUT2D eigenvalue weighted by molar-refractivity contribution is -0.131. The highest BCUT2D eigenvalue weighted by Crippen LogP contribution is 2.17. The topological polar surface area (TPSA) is 70.6 Å². The summed E-state index contributed by atoms with van der Waals surface area (Å²) in [6.07, 6.45) is 5.89. The standard InChI is InChI=1S/C15H23N3O3S/c1-13-5-4-9-18(10-7-13)15(19)12-17(2)22(20,21)14-6-3-8-16-11-14/h3,6,8,11,13H,4-5,7,9-10,12H2,1-2H3. The summed E-state index contributed by atoms with van der Waals surface area (Å²) in [5.41, 5.74) is 0. The van der Waals surface area contributed by atoms with E-state index in [4.69, 9.17) is 0 Å². The van der Waals surface area contributed by atoms with E-state index < -0.39 is 10.0 Å². The number of pyridine rings is 1. The molecule has 1 saturated heterocycles. The van der Waals surface area contributed by atoms with E-state index in [0.29, 0.717) is 19.0 Å². The predicted molar refractivity (Wildman–Crippen MR) is 83.6 cm³/mol. The highest BCUT2D eigenvalue weighted by atomic mass is 32.2. The van der Waals surface area contributed by atoms with Crippen molar-refractivity contribution in [3.05, 3.63) is 24.5 Å². The van der Waals surface area contributed by atoms with E-state index in [1.165, 1.54) is 25.5 Å². The van der Waals surface area contributed by atoms with Crippen LogP contribution in [0, 0.1) is 5.92 Å². The number of sulfonamides is 1. The normalized spacial score (nSPS) is 20.0. The van der Waals surface area contributed by atoms with Gasteiger partial charge in [-0.1, -0.05) is 6.92 Å². The molecular formula is C15H23N3O3S. The number of likely N-dealkylation sites (tertiary alicyclic amines) is 1. The second-order valence-corrected chi connectivity index (χ2v) is 7.91. The Hall–Kier alpha value is -1.47. The second-order valence-electron chi connectivity index (χ2n) is 5.87. The van der Waals surface area contributed by atoms with Crippen molar-refractivity contribution < 1.29 is 13.2 Å². The largest absolute Gasteiger partial charge is 0.342 e. The van der Waals surface area contributed by atoms with Crippen LogP contribution < -0.4 is 0 Å². The minimum Gasteiger partial charge on any atom is -0.342 e. The maximum absolute atomic E-state index is 12.4. The first kappa shape index (κ1) is 16.9. The summed E-state index contributed by atoms with van der Waals surface area (Å²) in [6.45, 7) is 3.48. The van der Waals surface area contributed by atoms with E-state index >= 15 is 0 Å². The van der Waals surface area contributed by atoms with Crippen LogP contribution in [-0.4, -0.2) is 55.2 Å². The summed E-state index contributed by atoms with van der Waals surface area (Å²) < 4.78 is 25.9. The Labute approximate surface area is 132 Å². The molecule has 0 aromatic carbocycles. The van der Waals surface area contributed by atoms with Gasteiger partial charge in [-0.3, -0.25) is 9.78 Å². The van der Waals surface area contributed by atoms with Gasteiger partial charge in [0.25, 0.3) is 0 Å². The summed E-state index contributed by atoms with van der Waals surface area (Å²) in [6, 6.07) is 3.05. The van der Waals surface area contributed by atoms with Gasteiger partial charge in [0, 0.05) is 32.5 Å². The third kappa shape index (κ3) is 4.04. The van der Waals surface area contributed by atoms with Gasteiger partial charge in [0.05, 0.1) is 6.54 Å². The summed E-state index contributed by atoms with van der Waals surface area (Å²) in [7, 11) is -2.24. The molecule has 22 heavy (non-hydrogen) atoms. The van der Waals surface area contributed by atoms with E-state index in [2.05, 4.69) is 11.9 Å². The number of amides is 1. The maximum atomic E-state index is 12.4. The Kier molecular flexibility index (Phi) is 5.52. The van der Waals surface area contributed by atoms with Crippen LogP contribution in [0.25, 0.3) is 0 Å². The maximum Gasteiger partial charge on any atom is 0.244 e. The molecule has 0 saturated carbocycles. The smallest absolute Gasteiger partial charge is 0.244 e. The molecule has 1 aliphatic rings. The van der Waals surface area contributed by atoms with E-state index in [1.54, 1.807) is 11.0 Å². The van der Waals surface area contributed by atoms with Gasteiger partial charge >= 0.3 is 0 Å². The van der Waals surface area contributed by atoms with Crippen molar-refractivity contribution in [1.82, 2.24) is 14.2 Å². The Morgan fingerprint density at radius 3 is 2.86 bits per heavy atom. The third-order valence-electron chi connectivity index (χ3n) is 4.07. The van der Waals surface area contributed by atoms with Crippen LogP contribution in [0.15, 0.2) is 29.4 Å². The van der Waals surface area contributed by atoms with Gasteiger partial charge in [-0.05, 0) is 37.3 Å². The number of nitrogens with zero attached hydrogens (tertiary/aromatic N) is 3. The zero-order chi connectivity index (χ0) is 16.2. The Balaban J connectivity index is 2.02. The first-order valence-electron chi connectivity index (χ1n) is 7.55. The van der Waals surface area contributed by atoms with Crippen LogP contribution in [0.4, 0.5) is 0 Å². The molecule has 6 nitrogen and oxygen atoms in total. The molecule has 1 aromatic rings. The van der Waals surface area contributed by atoms with E-state index in [1.807, 2.05) is 0 Å². The lowest BCUT2D eigenvalue weighted by Crippen LogP contribution is -2.41. The minimum atomic E-state index is -3.67. The molecule has 7 heteroatoms. The van der Waals surface area contributed by atoms with Gasteiger partial charge in [0.2, 0.25) is 15.9 Å². The zero-order valence-corrected chi connectivity index (χ0v) is 13.9. The van der Waals surface area contributed by atoms with Crippen molar-refractivity contribution in [2.45, 2.75) is 31.1 Å². The van der Waals surface area contributed by atoms with Crippen LogP contribution in [0.1, 0.15) is 26.2 Å². The molecule has 0 radical (unpaired) electrons. The van der Waals surface area contributed by atoms with Gasteiger partial charge in [-0.15, -0.1) is 0 Å². The molecule has 0 spiro atoms. The van der Waals surface area contributed by atoms with Crippen molar-refractivity contribution in [3.63, 3.8) is 0 Å². The molecule has 1 amide bonds. The van der Waals surface area contributed by atoms with Gasteiger partial charge < -0.3 is 4.90 Å². The molecule has 1 unspecified atom stereocenters. The first-order chi connectivity index (χ1) is 10.4. The summed E-state index contributed by atoms with van der Waals surface area (Å²) in [5, 5.41) is 0. The lowest BCUT2D eigenvalue weighted by Gasteiger charge is -2.24. The molecule has 0 bridgehead atoms. The highest BCUT2D eigenvalue weighted by Gasteiger charge is 2.26. The molecule has 2 rings (SSSR count). The molecule has 1 fully saturated rings. The van der Waals surface area contributed by atoms with Crippen LogP contribution in [0.3, 0.4) is 0 Å². The van der Waals surface area contributed by atoms with Crippen molar-refractivity contribution in [2.24, 2.45) is 5.92 Å². The third-order valence-corrected chi connectivity index (χ3v) is 5.86. The molecule has 1 atom stereocenters. The number of hydrogen-bond acceptors (Lipinski definition) is 4. The number of hydrogen-bond donors (Lipinski definition) is 0. The minimum absolute atomic E-state index is 0.106. The fourth-order valence-corrected chi connectivity index (χ4v) is 3.65. The average molecular weight is 325 g/mol. The van der Waals surface area contributed by atoms with Crippen LogP contribution in [-0.2, 0) is 14.8 Å². The highest BCUT2D eigenvalue weighted by molar-refractivity contribution is 7.89. The van der Waals surface area contributed by atoms with Gasteiger partial charge in [-0.25, -0.2) is 8.42 Å². The van der Waals surface area contributed by atoms with Gasteiger partial charge in [-0.2, -0.15) is 4.31 Å². The molecule has 122 valence electrons. The number of aromatic nitrogens is 1. The first-order valence-corrected chi connectivity index (χ1v) is 8.99. The molecule has 1 aliphatic heterocycles. The van der Waals surface area contributed by atoms with Crippen LogP contribution in [0.2, 0.25) is 0 Å². The zero-order valence-electron chi connectivity index (χ0n) is 13.1. The monoisotopic (exact) mass is 325 g/mol.